The van der Waals surface area contributed by atoms with Gasteiger partial charge in [0.05, 0.1) is 5.52 Å². The third-order valence-electron chi connectivity index (χ3n) is 4.30. The van der Waals surface area contributed by atoms with Crippen molar-refractivity contribution in [1.29, 1.82) is 0 Å². The first-order valence-electron chi connectivity index (χ1n) is 7.94. The van der Waals surface area contributed by atoms with Crippen molar-refractivity contribution < 1.29 is 0 Å². The van der Waals surface area contributed by atoms with Gasteiger partial charge in [-0.1, -0.05) is 37.3 Å². The van der Waals surface area contributed by atoms with Gasteiger partial charge in [-0.05, 0) is 37.5 Å². The Morgan fingerprint density at radius 3 is 2.52 bits per heavy atom. The maximum atomic E-state index is 4.59. The summed E-state index contributed by atoms with van der Waals surface area (Å²) in [5, 5.41) is 4.81. The monoisotopic (exact) mass is 329 g/mol. The minimum Gasteiger partial charge on any atom is -0.364 e. The van der Waals surface area contributed by atoms with Crippen LogP contribution in [0.3, 0.4) is 0 Å². The zero-order chi connectivity index (χ0) is 15.5. The average Bonchev–Trinajstić information content (AvgIpc) is 2.80. The molecule has 0 spiro atoms. The lowest BCUT2D eigenvalue weighted by atomic mass is 10.2. The fourth-order valence-electron chi connectivity index (χ4n) is 3.01. The SMILES string of the molecule is CCCn1c(C)c(C)c2ccnc(NCc3ccccc3)c21.Cl. The fraction of sp³-hybridized carbons (Fsp3) is 0.316. The molecule has 0 saturated heterocycles. The lowest BCUT2D eigenvalue weighted by Gasteiger charge is -2.11. The number of pyridine rings is 1. The molecule has 2 heterocycles. The van der Waals surface area contributed by atoms with Crippen LogP contribution in [-0.4, -0.2) is 9.55 Å². The van der Waals surface area contributed by atoms with Crippen LogP contribution in [0.5, 0.6) is 0 Å². The molecule has 1 N–H and O–H groups in total. The fourth-order valence-corrected chi connectivity index (χ4v) is 3.01. The number of hydrogen-bond acceptors (Lipinski definition) is 2. The van der Waals surface area contributed by atoms with Crippen LogP contribution in [0.4, 0.5) is 5.82 Å². The number of benzene rings is 1. The van der Waals surface area contributed by atoms with Crippen LogP contribution in [0, 0.1) is 13.8 Å². The van der Waals surface area contributed by atoms with Gasteiger partial charge < -0.3 is 9.88 Å². The second-order valence-electron chi connectivity index (χ2n) is 5.76. The largest absolute Gasteiger partial charge is 0.364 e. The predicted octanol–water partition coefficient (Wildman–Crippen LogP) is 5.10. The van der Waals surface area contributed by atoms with Gasteiger partial charge in [0, 0.05) is 30.4 Å². The van der Waals surface area contributed by atoms with Gasteiger partial charge in [-0.3, -0.25) is 0 Å². The van der Waals surface area contributed by atoms with Crippen molar-refractivity contribution >= 4 is 29.1 Å². The zero-order valence-corrected chi connectivity index (χ0v) is 14.8. The maximum Gasteiger partial charge on any atom is 0.150 e. The van der Waals surface area contributed by atoms with Gasteiger partial charge in [0.25, 0.3) is 0 Å². The van der Waals surface area contributed by atoms with E-state index in [2.05, 4.69) is 66.0 Å². The Morgan fingerprint density at radius 2 is 1.83 bits per heavy atom. The van der Waals surface area contributed by atoms with Crippen LogP contribution in [0.25, 0.3) is 10.9 Å². The predicted molar refractivity (Wildman–Crippen MR) is 101 cm³/mol. The Bertz CT molecular complexity index is 778. The second-order valence-corrected chi connectivity index (χ2v) is 5.76. The topological polar surface area (TPSA) is 29.9 Å². The highest BCUT2D eigenvalue weighted by Gasteiger charge is 2.14. The number of nitrogens with one attached hydrogen (secondary N) is 1. The number of hydrogen-bond donors (Lipinski definition) is 1. The van der Waals surface area contributed by atoms with Gasteiger partial charge in [-0.2, -0.15) is 0 Å². The van der Waals surface area contributed by atoms with E-state index in [0.29, 0.717) is 0 Å². The molecule has 0 aliphatic rings. The van der Waals surface area contributed by atoms with Gasteiger partial charge in [-0.15, -0.1) is 12.4 Å². The normalized spacial score (nSPS) is 10.6. The first-order chi connectivity index (χ1) is 10.7. The Balaban J connectivity index is 0.00000192. The summed E-state index contributed by atoms with van der Waals surface area (Å²) in [6.45, 7) is 8.44. The molecule has 0 fully saturated rings. The van der Waals surface area contributed by atoms with Gasteiger partial charge in [0.1, 0.15) is 0 Å². The lowest BCUT2D eigenvalue weighted by Crippen LogP contribution is -2.05. The Labute approximate surface area is 144 Å². The van der Waals surface area contributed by atoms with Crippen molar-refractivity contribution in [1.82, 2.24) is 9.55 Å². The summed E-state index contributed by atoms with van der Waals surface area (Å²) in [5.41, 5.74) is 5.19. The van der Waals surface area contributed by atoms with Crippen molar-refractivity contribution in [3.8, 4) is 0 Å². The molecule has 0 aliphatic carbocycles. The molecule has 4 heteroatoms. The van der Waals surface area contributed by atoms with Crippen LogP contribution in [0.15, 0.2) is 42.6 Å². The first kappa shape index (κ1) is 17.4. The number of halogens is 1. The standard InChI is InChI=1S/C19H23N3.ClH/c1-4-12-22-15(3)14(2)17-10-11-20-19(18(17)22)21-13-16-8-6-5-7-9-16;/h5-11H,4,12-13H2,1-3H3,(H,20,21);1H. The van der Waals surface area contributed by atoms with E-state index in [1.807, 2.05) is 12.3 Å². The maximum absolute atomic E-state index is 4.59. The molecular weight excluding hydrogens is 306 g/mol. The molecule has 3 aromatic rings. The zero-order valence-electron chi connectivity index (χ0n) is 14.0. The molecule has 23 heavy (non-hydrogen) atoms. The molecule has 0 radical (unpaired) electrons. The average molecular weight is 330 g/mol. The van der Waals surface area contributed by atoms with E-state index in [1.165, 1.54) is 27.7 Å². The molecule has 0 amide bonds. The van der Waals surface area contributed by atoms with E-state index in [9.17, 15) is 0 Å². The summed E-state index contributed by atoms with van der Waals surface area (Å²) < 4.78 is 2.39. The number of nitrogens with zero attached hydrogens (tertiary/aromatic N) is 2. The number of rotatable bonds is 5. The van der Waals surface area contributed by atoms with Crippen molar-refractivity contribution in [2.24, 2.45) is 0 Å². The molecule has 0 unspecified atom stereocenters. The van der Waals surface area contributed by atoms with Crippen LogP contribution in [0.2, 0.25) is 0 Å². The van der Waals surface area contributed by atoms with Gasteiger partial charge in [-0.25, -0.2) is 4.98 Å². The highest BCUT2D eigenvalue weighted by atomic mass is 35.5. The van der Waals surface area contributed by atoms with Gasteiger partial charge in [0.15, 0.2) is 5.82 Å². The second kappa shape index (κ2) is 7.51. The van der Waals surface area contributed by atoms with Gasteiger partial charge in [0.2, 0.25) is 0 Å². The van der Waals surface area contributed by atoms with Crippen LogP contribution < -0.4 is 5.32 Å². The Hall–Kier alpha value is -2.00. The van der Waals surface area contributed by atoms with Crippen molar-refractivity contribution in [3.05, 3.63) is 59.4 Å². The molecule has 0 bridgehead atoms. The van der Waals surface area contributed by atoms with E-state index in [1.54, 1.807) is 0 Å². The summed E-state index contributed by atoms with van der Waals surface area (Å²) in [4.78, 5) is 4.59. The number of fused-ring (bicyclic) bond motifs is 1. The van der Waals surface area contributed by atoms with Crippen molar-refractivity contribution in [3.63, 3.8) is 0 Å². The Morgan fingerprint density at radius 1 is 1.09 bits per heavy atom. The van der Waals surface area contributed by atoms with E-state index >= 15 is 0 Å². The summed E-state index contributed by atoms with van der Waals surface area (Å²) in [5.74, 6) is 0.978. The molecule has 3 nitrogen and oxygen atoms in total. The minimum absolute atomic E-state index is 0. The van der Waals surface area contributed by atoms with E-state index in [0.717, 1.165) is 25.3 Å². The number of aryl methyl sites for hydroxylation is 2. The number of anilines is 1. The third-order valence-corrected chi connectivity index (χ3v) is 4.30. The molecule has 0 saturated carbocycles. The minimum atomic E-state index is 0. The van der Waals surface area contributed by atoms with E-state index < -0.39 is 0 Å². The molecule has 0 atom stereocenters. The van der Waals surface area contributed by atoms with Crippen LogP contribution >= 0.6 is 12.4 Å². The summed E-state index contributed by atoms with van der Waals surface area (Å²) in [6, 6.07) is 12.6. The molecule has 1 aromatic carbocycles. The smallest absolute Gasteiger partial charge is 0.150 e. The first-order valence-corrected chi connectivity index (χ1v) is 7.94. The lowest BCUT2D eigenvalue weighted by molar-refractivity contribution is 0.683. The van der Waals surface area contributed by atoms with Crippen molar-refractivity contribution in [2.45, 2.75) is 40.3 Å². The highest BCUT2D eigenvalue weighted by Crippen LogP contribution is 2.30. The molecular formula is C19H24ClN3. The molecule has 2 aromatic heterocycles. The molecule has 3 rings (SSSR count). The third kappa shape index (κ3) is 3.35. The van der Waals surface area contributed by atoms with E-state index in [-0.39, 0.29) is 12.4 Å². The van der Waals surface area contributed by atoms with Crippen molar-refractivity contribution in [2.75, 3.05) is 5.32 Å². The quantitative estimate of drug-likeness (QED) is 0.706. The number of aromatic nitrogens is 2. The van der Waals surface area contributed by atoms with Crippen LogP contribution in [0.1, 0.15) is 30.2 Å². The highest BCUT2D eigenvalue weighted by molar-refractivity contribution is 5.93. The Kier molecular flexibility index (Phi) is 5.67. The summed E-state index contributed by atoms with van der Waals surface area (Å²) >= 11 is 0. The molecule has 122 valence electrons. The summed E-state index contributed by atoms with van der Waals surface area (Å²) in [6.07, 6.45) is 3.02. The van der Waals surface area contributed by atoms with Gasteiger partial charge >= 0.3 is 0 Å². The van der Waals surface area contributed by atoms with Crippen LogP contribution in [-0.2, 0) is 13.1 Å². The summed E-state index contributed by atoms with van der Waals surface area (Å²) in [7, 11) is 0. The molecule has 0 aliphatic heterocycles. The van der Waals surface area contributed by atoms with E-state index in [4.69, 9.17) is 0 Å².